The fraction of sp³-hybridized carbons (Fsp3) is 0.538. The second-order valence-corrected chi connectivity index (χ2v) is 7.46. The van der Waals surface area contributed by atoms with Crippen molar-refractivity contribution < 1.29 is 18.6 Å². The number of rotatable bonds is 4. The van der Waals surface area contributed by atoms with Crippen LogP contribution in [0.15, 0.2) is 23.1 Å². The number of phenols is 1. The van der Waals surface area contributed by atoms with Crippen LogP contribution < -0.4 is 5.73 Å². The number of aliphatic hydroxyl groups is 1. The van der Waals surface area contributed by atoms with Crippen molar-refractivity contribution >= 4 is 15.7 Å². The smallest absolute Gasteiger partial charge is 0.242 e. The number of nitrogen functional groups attached to an aromatic ring is 1. The molecule has 0 heterocycles. The van der Waals surface area contributed by atoms with Crippen LogP contribution in [0, 0.1) is 0 Å². The number of sulfonamides is 1. The monoisotopic (exact) mass is 300 g/mol. The number of hydrogen-bond donors (Lipinski definition) is 3. The number of likely N-dealkylation sites (N-methyl/N-ethyl adjacent to an activating group) is 1. The summed E-state index contributed by atoms with van der Waals surface area (Å²) in [4.78, 5) is 0.0110. The molecule has 4 N–H and O–H groups in total. The molecule has 112 valence electrons. The average Bonchev–Trinajstić information content (AvgIpc) is 2.79. The Morgan fingerprint density at radius 3 is 2.50 bits per heavy atom. The van der Waals surface area contributed by atoms with Gasteiger partial charge in [-0.1, -0.05) is 12.8 Å². The molecular formula is C13H20N2O4S. The highest BCUT2D eigenvalue weighted by atomic mass is 32.2. The van der Waals surface area contributed by atoms with Gasteiger partial charge in [0.25, 0.3) is 0 Å². The molecule has 0 amide bonds. The molecule has 1 aliphatic rings. The molecule has 0 aliphatic heterocycles. The van der Waals surface area contributed by atoms with Crippen molar-refractivity contribution in [2.75, 3.05) is 19.3 Å². The number of nitrogens with two attached hydrogens (primary N) is 1. The third-order valence-electron chi connectivity index (χ3n) is 3.76. The van der Waals surface area contributed by atoms with Gasteiger partial charge in [0, 0.05) is 13.6 Å². The lowest BCUT2D eigenvalue weighted by Gasteiger charge is -2.28. The lowest BCUT2D eigenvalue weighted by Crippen LogP contribution is -2.41. The van der Waals surface area contributed by atoms with E-state index >= 15 is 0 Å². The van der Waals surface area contributed by atoms with Crippen molar-refractivity contribution in [2.45, 2.75) is 36.2 Å². The Kier molecular flexibility index (Phi) is 3.95. The molecule has 0 atom stereocenters. The summed E-state index contributed by atoms with van der Waals surface area (Å²) in [5, 5.41) is 19.6. The SMILES string of the molecule is CN(CC1(O)CCCC1)S(=O)(=O)c1ccc(O)c(N)c1. The Bertz CT molecular complexity index is 594. The van der Waals surface area contributed by atoms with Gasteiger partial charge in [0.2, 0.25) is 10.0 Å². The number of phenolic OH excluding ortho intramolecular Hbond substituents is 1. The number of benzene rings is 1. The zero-order valence-electron chi connectivity index (χ0n) is 11.4. The standard InChI is InChI=1S/C13H20N2O4S/c1-15(9-13(17)6-2-3-7-13)20(18,19)10-4-5-12(16)11(14)8-10/h4-5,8,16-17H,2-3,6-7,9,14H2,1H3. The van der Waals surface area contributed by atoms with Crippen LogP contribution in [0.3, 0.4) is 0 Å². The van der Waals surface area contributed by atoms with E-state index in [4.69, 9.17) is 5.73 Å². The molecule has 0 saturated heterocycles. The summed E-state index contributed by atoms with van der Waals surface area (Å²) in [5.74, 6) is -0.152. The van der Waals surface area contributed by atoms with Crippen molar-refractivity contribution in [2.24, 2.45) is 0 Å². The third-order valence-corrected chi connectivity index (χ3v) is 5.56. The quantitative estimate of drug-likeness (QED) is 0.566. The van der Waals surface area contributed by atoms with Gasteiger partial charge in [-0.05, 0) is 31.0 Å². The van der Waals surface area contributed by atoms with Crippen molar-refractivity contribution in [3.63, 3.8) is 0 Å². The molecule has 0 bridgehead atoms. The lowest BCUT2D eigenvalue weighted by atomic mass is 10.0. The summed E-state index contributed by atoms with van der Waals surface area (Å²) in [5.41, 5.74) is 4.60. The largest absolute Gasteiger partial charge is 0.506 e. The first-order valence-corrected chi connectivity index (χ1v) is 7.96. The fourth-order valence-corrected chi connectivity index (χ4v) is 3.85. The van der Waals surface area contributed by atoms with Gasteiger partial charge < -0.3 is 15.9 Å². The van der Waals surface area contributed by atoms with Crippen LogP contribution >= 0.6 is 0 Å². The Labute approximate surface area is 118 Å². The van der Waals surface area contributed by atoms with E-state index in [9.17, 15) is 18.6 Å². The van der Waals surface area contributed by atoms with Gasteiger partial charge in [0.05, 0.1) is 16.2 Å². The topological polar surface area (TPSA) is 104 Å². The molecule has 7 heteroatoms. The molecular weight excluding hydrogens is 280 g/mol. The van der Waals surface area contributed by atoms with E-state index in [2.05, 4.69) is 0 Å². The van der Waals surface area contributed by atoms with Gasteiger partial charge in [0.15, 0.2) is 0 Å². The Morgan fingerprint density at radius 2 is 1.95 bits per heavy atom. The predicted molar refractivity (Wildman–Crippen MR) is 75.8 cm³/mol. The number of anilines is 1. The van der Waals surface area contributed by atoms with E-state index in [-0.39, 0.29) is 22.9 Å². The second-order valence-electron chi connectivity index (χ2n) is 5.41. The molecule has 20 heavy (non-hydrogen) atoms. The molecule has 1 fully saturated rings. The minimum absolute atomic E-state index is 0.0110. The Balaban J connectivity index is 2.22. The van der Waals surface area contributed by atoms with E-state index in [1.807, 2.05) is 0 Å². The first-order valence-electron chi connectivity index (χ1n) is 6.52. The summed E-state index contributed by atoms with van der Waals surface area (Å²) < 4.78 is 25.9. The predicted octanol–water partition coefficient (Wildman–Crippen LogP) is 0.900. The van der Waals surface area contributed by atoms with Gasteiger partial charge >= 0.3 is 0 Å². The Hall–Kier alpha value is -1.31. The van der Waals surface area contributed by atoms with Gasteiger partial charge in [-0.25, -0.2) is 8.42 Å². The highest BCUT2D eigenvalue weighted by molar-refractivity contribution is 7.89. The lowest BCUT2D eigenvalue weighted by molar-refractivity contribution is 0.0333. The minimum atomic E-state index is -3.72. The maximum atomic E-state index is 12.4. The van der Waals surface area contributed by atoms with Crippen LogP contribution in [-0.4, -0.2) is 42.1 Å². The minimum Gasteiger partial charge on any atom is -0.506 e. The molecule has 0 spiro atoms. The summed E-state index contributed by atoms with van der Waals surface area (Å²) in [6, 6.07) is 3.77. The van der Waals surface area contributed by atoms with Crippen LogP contribution in [0.5, 0.6) is 5.75 Å². The fourth-order valence-electron chi connectivity index (χ4n) is 2.56. The molecule has 1 aromatic carbocycles. The van der Waals surface area contributed by atoms with Crippen LogP contribution in [0.25, 0.3) is 0 Å². The summed E-state index contributed by atoms with van der Waals surface area (Å²) in [7, 11) is -2.28. The highest BCUT2D eigenvalue weighted by Gasteiger charge is 2.35. The first kappa shape index (κ1) is 15.1. The van der Waals surface area contributed by atoms with E-state index in [0.29, 0.717) is 12.8 Å². The average molecular weight is 300 g/mol. The molecule has 0 aromatic heterocycles. The van der Waals surface area contributed by atoms with Gasteiger partial charge in [0.1, 0.15) is 5.75 Å². The zero-order valence-corrected chi connectivity index (χ0v) is 12.2. The summed E-state index contributed by atoms with van der Waals surface area (Å²) in [6.45, 7) is 0.0656. The maximum Gasteiger partial charge on any atom is 0.242 e. The number of nitrogens with zero attached hydrogens (tertiary/aromatic N) is 1. The molecule has 1 aromatic rings. The zero-order chi connectivity index (χ0) is 15.0. The molecule has 0 unspecified atom stereocenters. The van der Waals surface area contributed by atoms with E-state index in [0.717, 1.165) is 17.1 Å². The molecule has 0 radical (unpaired) electrons. The molecule has 1 saturated carbocycles. The van der Waals surface area contributed by atoms with E-state index in [1.54, 1.807) is 0 Å². The second kappa shape index (κ2) is 5.23. The number of aromatic hydroxyl groups is 1. The Morgan fingerprint density at radius 1 is 1.35 bits per heavy atom. The van der Waals surface area contributed by atoms with Crippen LogP contribution in [0.4, 0.5) is 5.69 Å². The van der Waals surface area contributed by atoms with Crippen molar-refractivity contribution in [3.8, 4) is 5.75 Å². The third kappa shape index (κ3) is 2.89. The maximum absolute atomic E-state index is 12.4. The van der Waals surface area contributed by atoms with Crippen molar-refractivity contribution in [3.05, 3.63) is 18.2 Å². The summed E-state index contributed by atoms with van der Waals surface area (Å²) in [6.07, 6.45) is 3.06. The normalized spacial score (nSPS) is 18.6. The molecule has 1 aliphatic carbocycles. The molecule has 6 nitrogen and oxygen atoms in total. The van der Waals surface area contributed by atoms with Crippen molar-refractivity contribution in [1.29, 1.82) is 0 Å². The number of hydrogen-bond acceptors (Lipinski definition) is 5. The van der Waals surface area contributed by atoms with Gasteiger partial charge in [-0.15, -0.1) is 0 Å². The van der Waals surface area contributed by atoms with Gasteiger partial charge in [-0.3, -0.25) is 0 Å². The van der Waals surface area contributed by atoms with Gasteiger partial charge in [-0.2, -0.15) is 4.31 Å². The van der Waals surface area contributed by atoms with Crippen LogP contribution in [-0.2, 0) is 10.0 Å². The first-order chi connectivity index (χ1) is 9.24. The van der Waals surface area contributed by atoms with Crippen molar-refractivity contribution in [1.82, 2.24) is 4.31 Å². The highest BCUT2D eigenvalue weighted by Crippen LogP contribution is 2.32. The van der Waals surface area contributed by atoms with E-state index < -0.39 is 15.6 Å². The summed E-state index contributed by atoms with van der Waals surface area (Å²) >= 11 is 0. The van der Waals surface area contributed by atoms with Crippen LogP contribution in [0.2, 0.25) is 0 Å². The van der Waals surface area contributed by atoms with Crippen LogP contribution in [0.1, 0.15) is 25.7 Å². The molecule has 2 rings (SSSR count). The van der Waals surface area contributed by atoms with E-state index in [1.165, 1.54) is 25.2 Å².